The first-order valence-corrected chi connectivity index (χ1v) is 11.1. The number of thioether (sulfide) groups is 1. The van der Waals surface area contributed by atoms with Gasteiger partial charge in [0.25, 0.3) is 0 Å². The van der Waals surface area contributed by atoms with Crippen LogP contribution in [0.15, 0.2) is 53.4 Å². The molecule has 0 bridgehead atoms. The lowest BCUT2D eigenvalue weighted by molar-refractivity contribution is 0.103. The molecule has 0 fully saturated rings. The highest BCUT2D eigenvalue weighted by atomic mass is 32.2. The first kappa shape index (κ1) is 21.8. The first-order valence-electron chi connectivity index (χ1n) is 10.2. The summed E-state index contributed by atoms with van der Waals surface area (Å²) in [6.45, 7) is 13.5. The second kappa shape index (κ2) is 9.10. The Labute approximate surface area is 170 Å². The van der Waals surface area contributed by atoms with Gasteiger partial charge in [-0.3, -0.25) is 4.79 Å². The van der Waals surface area contributed by atoms with Crippen LogP contribution in [0.1, 0.15) is 88.7 Å². The van der Waals surface area contributed by atoms with Crippen LogP contribution in [0.5, 0.6) is 0 Å². The van der Waals surface area contributed by atoms with Gasteiger partial charge in [-0.25, -0.2) is 0 Å². The van der Waals surface area contributed by atoms with E-state index in [-0.39, 0.29) is 15.9 Å². The van der Waals surface area contributed by atoms with E-state index in [9.17, 15) is 4.79 Å². The van der Waals surface area contributed by atoms with Gasteiger partial charge >= 0.3 is 0 Å². The van der Waals surface area contributed by atoms with E-state index < -0.39 is 0 Å². The molecule has 0 aliphatic carbocycles. The van der Waals surface area contributed by atoms with Crippen molar-refractivity contribution in [2.75, 3.05) is 0 Å². The van der Waals surface area contributed by atoms with Crippen molar-refractivity contribution >= 4 is 17.5 Å². The van der Waals surface area contributed by atoms with Gasteiger partial charge in [0.05, 0.1) is 0 Å². The van der Waals surface area contributed by atoms with Crippen LogP contribution < -0.4 is 0 Å². The van der Waals surface area contributed by atoms with Gasteiger partial charge in [0, 0.05) is 20.8 Å². The Morgan fingerprint density at radius 2 is 1.19 bits per heavy atom. The van der Waals surface area contributed by atoms with Crippen molar-refractivity contribution in [1.29, 1.82) is 0 Å². The van der Waals surface area contributed by atoms with Gasteiger partial charge in [-0.1, -0.05) is 65.8 Å². The third-order valence-electron chi connectivity index (χ3n) is 6.38. The smallest absolute Gasteiger partial charge is 0.193 e. The summed E-state index contributed by atoms with van der Waals surface area (Å²) in [4.78, 5) is 14.1. The van der Waals surface area contributed by atoms with Crippen molar-refractivity contribution in [2.24, 2.45) is 0 Å². The molecule has 146 valence electrons. The van der Waals surface area contributed by atoms with E-state index in [1.54, 1.807) is 0 Å². The minimum Gasteiger partial charge on any atom is -0.289 e. The summed E-state index contributed by atoms with van der Waals surface area (Å²) in [5, 5.41) is 0. The molecule has 0 heterocycles. The Balaban J connectivity index is 2.16. The predicted molar refractivity (Wildman–Crippen MR) is 119 cm³/mol. The molecule has 0 saturated heterocycles. The lowest BCUT2D eigenvalue weighted by atomic mass is 9.77. The molecule has 0 aliphatic heterocycles. The molecule has 0 N–H and O–H groups in total. The van der Waals surface area contributed by atoms with Crippen LogP contribution in [0.4, 0.5) is 0 Å². The Morgan fingerprint density at radius 3 is 1.59 bits per heavy atom. The maximum Gasteiger partial charge on any atom is 0.193 e. The second-order valence-electron chi connectivity index (χ2n) is 7.96. The topological polar surface area (TPSA) is 17.1 Å². The lowest BCUT2D eigenvalue weighted by Crippen LogP contribution is -2.19. The van der Waals surface area contributed by atoms with E-state index in [1.807, 2.05) is 36.0 Å². The number of ketones is 1. The number of carbonyl (C=O) groups excluding carboxylic acids is 1. The van der Waals surface area contributed by atoms with Gasteiger partial charge in [-0.2, -0.15) is 0 Å². The maximum atomic E-state index is 12.8. The van der Waals surface area contributed by atoms with E-state index in [1.165, 1.54) is 10.5 Å². The second-order valence-corrected chi connectivity index (χ2v) is 9.62. The molecule has 0 radical (unpaired) electrons. The fraction of sp³-hybridized carbons (Fsp3) is 0.480. The Kier molecular flexibility index (Phi) is 7.33. The standard InChI is InChI=1S/C25H34OS/c1-7-24(5,8-2)21-15-11-19(12-16-21)23(26)20-13-17-22(18-14-20)27-25(6,9-3)10-4/h11-18H,7-10H2,1-6H3. The highest BCUT2D eigenvalue weighted by molar-refractivity contribution is 8.00. The van der Waals surface area contributed by atoms with E-state index in [2.05, 4.69) is 65.8 Å². The molecule has 2 aromatic carbocycles. The van der Waals surface area contributed by atoms with Gasteiger partial charge in [0.15, 0.2) is 5.78 Å². The molecule has 2 aromatic rings. The number of hydrogen-bond donors (Lipinski definition) is 0. The van der Waals surface area contributed by atoms with Crippen LogP contribution in [0.2, 0.25) is 0 Å². The highest BCUT2D eigenvalue weighted by Crippen LogP contribution is 2.38. The fourth-order valence-electron chi connectivity index (χ4n) is 3.20. The van der Waals surface area contributed by atoms with Crippen LogP contribution in [0.25, 0.3) is 0 Å². The monoisotopic (exact) mass is 382 g/mol. The van der Waals surface area contributed by atoms with E-state index in [0.29, 0.717) is 0 Å². The summed E-state index contributed by atoms with van der Waals surface area (Å²) in [7, 11) is 0. The molecule has 2 rings (SSSR count). The molecule has 0 saturated carbocycles. The van der Waals surface area contributed by atoms with Crippen molar-refractivity contribution in [3.05, 3.63) is 65.2 Å². The largest absolute Gasteiger partial charge is 0.289 e. The van der Waals surface area contributed by atoms with Gasteiger partial charge < -0.3 is 0 Å². The molecule has 0 atom stereocenters. The van der Waals surface area contributed by atoms with Crippen molar-refractivity contribution in [3.63, 3.8) is 0 Å². The van der Waals surface area contributed by atoms with Gasteiger partial charge in [-0.05, 0) is 60.9 Å². The average Bonchev–Trinajstić information content (AvgIpc) is 2.73. The lowest BCUT2D eigenvalue weighted by Gasteiger charge is -2.27. The van der Waals surface area contributed by atoms with Crippen molar-refractivity contribution in [1.82, 2.24) is 0 Å². The number of carbonyl (C=O) groups is 1. The summed E-state index contributed by atoms with van der Waals surface area (Å²) < 4.78 is 0.257. The van der Waals surface area contributed by atoms with E-state index in [0.717, 1.165) is 36.8 Å². The number of hydrogen-bond acceptors (Lipinski definition) is 2. The summed E-state index contributed by atoms with van der Waals surface area (Å²) in [5.74, 6) is 0.0987. The molecular weight excluding hydrogens is 348 g/mol. The molecule has 0 aliphatic rings. The molecule has 0 amide bonds. The molecule has 2 heteroatoms. The minimum atomic E-state index is 0.0987. The molecular formula is C25H34OS. The Hall–Kier alpha value is -1.54. The van der Waals surface area contributed by atoms with Crippen molar-refractivity contribution in [3.8, 4) is 0 Å². The average molecular weight is 383 g/mol. The third kappa shape index (κ3) is 5.04. The van der Waals surface area contributed by atoms with E-state index in [4.69, 9.17) is 0 Å². The number of benzene rings is 2. The van der Waals surface area contributed by atoms with Gasteiger partial charge in [0.1, 0.15) is 0 Å². The zero-order valence-electron chi connectivity index (χ0n) is 17.8. The first-order chi connectivity index (χ1) is 12.8. The molecule has 0 spiro atoms. The highest BCUT2D eigenvalue weighted by Gasteiger charge is 2.23. The summed E-state index contributed by atoms with van der Waals surface area (Å²) >= 11 is 1.91. The Morgan fingerprint density at radius 1 is 0.741 bits per heavy atom. The zero-order chi connectivity index (χ0) is 20.1. The summed E-state index contributed by atoms with van der Waals surface area (Å²) in [6.07, 6.45) is 4.47. The summed E-state index contributed by atoms with van der Waals surface area (Å²) in [5.41, 5.74) is 3.02. The SMILES string of the molecule is CCC(C)(CC)Sc1ccc(C(=O)c2ccc(C(C)(CC)CC)cc2)cc1. The minimum absolute atomic E-state index is 0.0987. The van der Waals surface area contributed by atoms with Crippen LogP contribution in [0.3, 0.4) is 0 Å². The van der Waals surface area contributed by atoms with Crippen LogP contribution >= 0.6 is 11.8 Å². The van der Waals surface area contributed by atoms with Gasteiger partial charge in [0.2, 0.25) is 0 Å². The summed E-state index contributed by atoms with van der Waals surface area (Å²) in [6, 6.07) is 16.3. The fourth-order valence-corrected chi connectivity index (χ4v) is 4.33. The molecule has 1 nitrogen and oxygen atoms in total. The predicted octanol–water partition coefficient (Wildman–Crippen LogP) is 7.67. The van der Waals surface area contributed by atoms with Crippen LogP contribution in [0, 0.1) is 0 Å². The van der Waals surface area contributed by atoms with Crippen LogP contribution in [-0.2, 0) is 5.41 Å². The molecule has 27 heavy (non-hydrogen) atoms. The van der Waals surface area contributed by atoms with E-state index >= 15 is 0 Å². The Bertz CT molecular complexity index is 735. The normalized spacial score (nSPS) is 12.2. The van der Waals surface area contributed by atoms with Crippen molar-refractivity contribution < 1.29 is 4.79 Å². The van der Waals surface area contributed by atoms with Crippen LogP contribution in [-0.4, -0.2) is 10.5 Å². The molecule has 0 aromatic heterocycles. The number of rotatable bonds is 9. The van der Waals surface area contributed by atoms with Gasteiger partial charge in [-0.15, -0.1) is 11.8 Å². The molecule has 0 unspecified atom stereocenters. The third-order valence-corrected chi connectivity index (χ3v) is 7.96. The maximum absolute atomic E-state index is 12.8. The zero-order valence-corrected chi connectivity index (χ0v) is 18.6. The van der Waals surface area contributed by atoms with Crippen molar-refractivity contribution in [2.45, 2.75) is 82.3 Å². The quantitative estimate of drug-likeness (QED) is 0.327.